The van der Waals surface area contributed by atoms with E-state index in [2.05, 4.69) is 31.2 Å². The van der Waals surface area contributed by atoms with Gasteiger partial charge in [-0.1, -0.05) is 30.3 Å². The SMILES string of the molecule is COC(=O)c1ccc2c(c1)C(c1ccccc1C)=CCS2. The van der Waals surface area contributed by atoms with Gasteiger partial charge in [0.1, 0.15) is 0 Å². The average Bonchev–Trinajstić information content (AvgIpc) is 2.53. The first-order chi connectivity index (χ1) is 10.2. The predicted molar refractivity (Wildman–Crippen MR) is 86.8 cm³/mol. The van der Waals surface area contributed by atoms with Crippen molar-refractivity contribution in [1.29, 1.82) is 0 Å². The molecule has 0 N–H and O–H groups in total. The number of hydrogen-bond acceptors (Lipinski definition) is 3. The van der Waals surface area contributed by atoms with Crippen molar-refractivity contribution in [2.24, 2.45) is 0 Å². The lowest BCUT2D eigenvalue weighted by Crippen LogP contribution is -2.05. The molecule has 0 amide bonds. The van der Waals surface area contributed by atoms with E-state index >= 15 is 0 Å². The van der Waals surface area contributed by atoms with Gasteiger partial charge in [0.25, 0.3) is 0 Å². The minimum Gasteiger partial charge on any atom is -0.465 e. The number of benzene rings is 2. The summed E-state index contributed by atoms with van der Waals surface area (Å²) in [4.78, 5) is 13.0. The molecule has 0 aromatic heterocycles. The summed E-state index contributed by atoms with van der Waals surface area (Å²) in [5.74, 6) is 0.659. The summed E-state index contributed by atoms with van der Waals surface area (Å²) in [5.41, 5.74) is 5.38. The fraction of sp³-hybridized carbons (Fsp3) is 0.167. The lowest BCUT2D eigenvalue weighted by atomic mass is 9.93. The number of fused-ring (bicyclic) bond motifs is 1. The van der Waals surface area contributed by atoms with E-state index in [9.17, 15) is 4.79 Å². The monoisotopic (exact) mass is 296 g/mol. The van der Waals surface area contributed by atoms with Gasteiger partial charge in [0.2, 0.25) is 0 Å². The van der Waals surface area contributed by atoms with Gasteiger partial charge in [-0.05, 0) is 47.4 Å². The number of thioether (sulfide) groups is 1. The number of hydrogen-bond donors (Lipinski definition) is 0. The Labute approximate surface area is 128 Å². The van der Waals surface area contributed by atoms with Crippen LogP contribution in [0.5, 0.6) is 0 Å². The molecule has 1 aliphatic heterocycles. The smallest absolute Gasteiger partial charge is 0.337 e. The maximum atomic E-state index is 11.8. The topological polar surface area (TPSA) is 26.3 Å². The molecule has 0 saturated carbocycles. The van der Waals surface area contributed by atoms with Crippen LogP contribution < -0.4 is 0 Å². The molecule has 1 heterocycles. The van der Waals surface area contributed by atoms with Crippen molar-refractivity contribution >= 4 is 23.3 Å². The number of ether oxygens (including phenoxy) is 1. The molecule has 3 heteroatoms. The summed E-state index contributed by atoms with van der Waals surface area (Å²) in [5, 5.41) is 0. The summed E-state index contributed by atoms with van der Waals surface area (Å²) < 4.78 is 4.83. The lowest BCUT2D eigenvalue weighted by molar-refractivity contribution is 0.0600. The summed E-state index contributed by atoms with van der Waals surface area (Å²) in [6, 6.07) is 14.1. The lowest BCUT2D eigenvalue weighted by Gasteiger charge is -2.19. The van der Waals surface area contributed by atoms with Gasteiger partial charge in [-0.15, -0.1) is 11.8 Å². The van der Waals surface area contributed by atoms with Crippen molar-refractivity contribution in [3.63, 3.8) is 0 Å². The normalized spacial score (nSPS) is 13.3. The van der Waals surface area contributed by atoms with Crippen molar-refractivity contribution in [3.05, 3.63) is 70.8 Å². The Morgan fingerprint density at radius 2 is 1.95 bits per heavy atom. The molecule has 1 aliphatic rings. The Morgan fingerprint density at radius 3 is 2.71 bits per heavy atom. The van der Waals surface area contributed by atoms with Crippen LogP contribution in [0.15, 0.2) is 53.4 Å². The Balaban J connectivity index is 2.13. The summed E-state index contributed by atoms with van der Waals surface area (Å²) in [6.07, 6.45) is 2.23. The van der Waals surface area contributed by atoms with Crippen LogP contribution in [0.25, 0.3) is 5.57 Å². The van der Waals surface area contributed by atoms with Gasteiger partial charge in [0.15, 0.2) is 0 Å². The molecule has 21 heavy (non-hydrogen) atoms. The van der Waals surface area contributed by atoms with Crippen LogP contribution >= 0.6 is 11.8 Å². The Morgan fingerprint density at radius 1 is 1.14 bits per heavy atom. The molecule has 3 rings (SSSR count). The zero-order chi connectivity index (χ0) is 14.8. The Hall–Kier alpha value is -2.00. The van der Waals surface area contributed by atoms with Crippen LogP contribution in [0.4, 0.5) is 0 Å². The number of rotatable bonds is 2. The Kier molecular flexibility index (Phi) is 3.84. The van der Waals surface area contributed by atoms with Crippen LogP contribution in [0.2, 0.25) is 0 Å². The van der Waals surface area contributed by atoms with E-state index in [-0.39, 0.29) is 5.97 Å². The molecule has 2 aromatic rings. The Bertz CT molecular complexity index is 732. The van der Waals surface area contributed by atoms with E-state index in [1.807, 2.05) is 24.3 Å². The van der Waals surface area contributed by atoms with Gasteiger partial charge in [0, 0.05) is 10.6 Å². The van der Waals surface area contributed by atoms with Crippen LogP contribution in [0.1, 0.15) is 27.0 Å². The summed E-state index contributed by atoms with van der Waals surface area (Å²) >= 11 is 1.79. The largest absolute Gasteiger partial charge is 0.465 e. The third kappa shape index (κ3) is 2.61. The van der Waals surface area contributed by atoms with Gasteiger partial charge in [0.05, 0.1) is 12.7 Å². The molecule has 2 nitrogen and oxygen atoms in total. The van der Waals surface area contributed by atoms with Crippen LogP contribution in [-0.2, 0) is 4.74 Å². The second kappa shape index (κ2) is 5.78. The minimum atomic E-state index is -0.294. The molecule has 0 saturated heterocycles. The van der Waals surface area contributed by atoms with Crippen molar-refractivity contribution in [1.82, 2.24) is 0 Å². The highest BCUT2D eigenvalue weighted by Gasteiger charge is 2.18. The predicted octanol–water partition coefficient (Wildman–Crippen LogP) is 4.32. The first-order valence-corrected chi connectivity index (χ1v) is 7.81. The van der Waals surface area contributed by atoms with Crippen molar-refractivity contribution in [2.75, 3.05) is 12.9 Å². The number of esters is 1. The third-order valence-corrected chi connectivity index (χ3v) is 4.65. The molecular formula is C18H16O2S. The van der Waals surface area contributed by atoms with E-state index in [0.717, 1.165) is 11.3 Å². The summed E-state index contributed by atoms with van der Waals surface area (Å²) in [6.45, 7) is 2.11. The average molecular weight is 296 g/mol. The quantitative estimate of drug-likeness (QED) is 0.772. The maximum absolute atomic E-state index is 11.8. The van der Waals surface area contributed by atoms with Gasteiger partial charge in [-0.2, -0.15) is 0 Å². The van der Waals surface area contributed by atoms with Crippen molar-refractivity contribution in [3.8, 4) is 0 Å². The molecule has 0 spiro atoms. The second-order valence-corrected chi connectivity index (χ2v) is 6.01. The van der Waals surface area contributed by atoms with E-state index in [0.29, 0.717) is 5.56 Å². The molecule has 0 atom stereocenters. The molecule has 0 unspecified atom stereocenters. The third-order valence-electron chi connectivity index (χ3n) is 3.65. The van der Waals surface area contributed by atoms with Crippen LogP contribution in [-0.4, -0.2) is 18.8 Å². The first kappa shape index (κ1) is 14.0. The van der Waals surface area contributed by atoms with Crippen LogP contribution in [0, 0.1) is 6.92 Å². The first-order valence-electron chi connectivity index (χ1n) is 6.82. The van der Waals surface area contributed by atoms with E-state index in [1.165, 1.54) is 28.7 Å². The van der Waals surface area contributed by atoms with Crippen molar-refractivity contribution in [2.45, 2.75) is 11.8 Å². The highest BCUT2D eigenvalue weighted by atomic mass is 32.2. The number of carbonyl (C=O) groups is 1. The molecule has 0 bridgehead atoms. The number of carbonyl (C=O) groups excluding carboxylic acids is 1. The molecule has 0 radical (unpaired) electrons. The van der Waals surface area contributed by atoms with Gasteiger partial charge < -0.3 is 4.74 Å². The maximum Gasteiger partial charge on any atom is 0.337 e. The number of aryl methyl sites for hydroxylation is 1. The van der Waals surface area contributed by atoms with E-state index in [1.54, 1.807) is 11.8 Å². The molecule has 0 aliphatic carbocycles. The molecule has 2 aromatic carbocycles. The molecule has 0 fully saturated rings. The highest BCUT2D eigenvalue weighted by molar-refractivity contribution is 7.99. The number of methoxy groups -OCH3 is 1. The van der Waals surface area contributed by atoms with Gasteiger partial charge >= 0.3 is 5.97 Å². The fourth-order valence-electron chi connectivity index (χ4n) is 2.57. The molecule has 106 valence electrons. The van der Waals surface area contributed by atoms with Gasteiger partial charge in [-0.3, -0.25) is 0 Å². The van der Waals surface area contributed by atoms with Crippen molar-refractivity contribution < 1.29 is 9.53 Å². The highest BCUT2D eigenvalue weighted by Crippen LogP contribution is 2.38. The zero-order valence-corrected chi connectivity index (χ0v) is 12.9. The summed E-state index contributed by atoms with van der Waals surface area (Å²) in [7, 11) is 1.41. The van der Waals surface area contributed by atoms with Crippen LogP contribution in [0.3, 0.4) is 0 Å². The fourth-order valence-corrected chi connectivity index (χ4v) is 3.48. The standard InChI is InChI=1S/C18H16O2S/c1-12-5-3-4-6-14(12)15-9-10-21-17-8-7-13(11-16(15)17)18(19)20-2/h3-9,11H,10H2,1-2H3. The van der Waals surface area contributed by atoms with E-state index < -0.39 is 0 Å². The van der Waals surface area contributed by atoms with E-state index in [4.69, 9.17) is 4.74 Å². The van der Waals surface area contributed by atoms with Gasteiger partial charge in [-0.25, -0.2) is 4.79 Å². The molecular weight excluding hydrogens is 280 g/mol. The second-order valence-electron chi connectivity index (χ2n) is 4.95. The zero-order valence-electron chi connectivity index (χ0n) is 12.1. The minimum absolute atomic E-state index is 0.294.